The molecule has 2 fully saturated rings. The van der Waals surface area contributed by atoms with Gasteiger partial charge in [0.05, 0.1) is 29.6 Å². The van der Waals surface area contributed by atoms with Crippen LogP contribution in [0.25, 0.3) is 11.3 Å². The first-order valence-electron chi connectivity index (χ1n) is 10.7. The van der Waals surface area contributed by atoms with E-state index < -0.39 is 0 Å². The minimum atomic E-state index is 0.101. The lowest BCUT2D eigenvalue weighted by atomic mass is 9.73. The normalized spacial score (nSPS) is 22.4. The van der Waals surface area contributed by atoms with Crippen LogP contribution < -0.4 is 10.6 Å². The zero-order chi connectivity index (χ0) is 22.1. The number of piperidine rings is 1. The third kappa shape index (κ3) is 4.08. The zero-order valence-electron chi connectivity index (χ0n) is 17.8. The molecular formula is C23H25ClN6OS. The molecule has 2 atom stereocenters. The number of hydrogen-bond acceptors (Lipinski definition) is 8. The molecule has 0 aliphatic carbocycles. The predicted octanol–water partition coefficient (Wildman–Crippen LogP) is 4.07. The summed E-state index contributed by atoms with van der Waals surface area (Å²) in [6.45, 7) is 4.66. The second-order valence-corrected chi connectivity index (χ2v) is 9.87. The van der Waals surface area contributed by atoms with Gasteiger partial charge in [-0.15, -0.1) is 10.2 Å². The van der Waals surface area contributed by atoms with Gasteiger partial charge in [0.1, 0.15) is 5.03 Å². The molecule has 2 saturated heterocycles. The van der Waals surface area contributed by atoms with Crippen LogP contribution >= 0.6 is 23.4 Å². The summed E-state index contributed by atoms with van der Waals surface area (Å²) in [5.74, 6) is 0.893. The number of nitrogens with zero attached hydrogens (tertiary/aromatic N) is 5. The number of nitrogens with two attached hydrogens (primary N) is 1. The van der Waals surface area contributed by atoms with Gasteiger partial charge in [-0.3, -0.25) is 9.97 Å². The van der Waals surface area contributed by atoms with Gasteiger partial charge in [-0.2, -0.15) is 0 Å². The molecule has 0 amide bonds. The fraction of sp³-hybridized carbons (Fsp3) is 0.391. The summed E-state index contributed by atoms with van der Waals surface area (Å²) in [5.41, 5.74) is 8.12. The van der Waals surface area contributed by atoms with Crippen LogP contribution in [0.4, 0.5) is 5.82 Å². The maximum Gasteiger partial charge on any atom is 0.151 e. The van der Waals surface area contributed by atoms with E-state index in [0.717, 1.165) is 59.5 Å². The Balaban J connectivity index is 1.26. The van der Waals surface area contributed by atoms with E-state index in [-0.39, 0.29) is 17.6 Å². The van der Waals surface area contributed by atoms with Crippen molar-refractivity contribution in [3.05, 3.63) is 53.9 Å². The molecule has 2 aliphatic heterocycles. The molecule has 0 saturated carbocycles. The number of benzene rings is 1. The van der Waals surface area contributed by atoms with Gasteiger partial charge in [0.15, 0.2) is 5.82 Å². The second kappa shape index (κ2) is 8.94. The van der Waals surface area contributed by atoms with Crippen LogP contribution in [0, 0.1) is 5.41 Å². The van der Waals surface area contributed by atoms with E-state index in [4.69, 9.17) is 22.1 Å². The summed E-state index contributed by atoms with van der Waals surface area (Å²) in [7, 11) is 0. The highest BCUT2D eigenvalue weighted by Crippen LogP contribution is 2.42. The Bertz CT molecular complexity index is 1080. The van der Waals surface area contributed by atoms with Gasteiger partial charge >= 0.3 is 0 Å². The molecule has 2 aromatic heterocycles. The third-order valence-electron chi connectivity index (χ3n) is 6.57. The lowest BCUT2D eigenvalue weighted by Gasteiger charge is -2.41. The van der Waals surface area contributed by atoms with E-state index in [1.165, 1.54) is 11.8 Å². The monoisotopic (exact) mass is 468 g/mol. The molecule has 166 valence electrons. The molecule has 0 radical (unpaired) electrons. The lowest BCUT2D eigenvalue weighted by molar-refractivity contribution is 0.0974. The van der Waals surface area contributed by atoms with Crippen molar-refractivity contribution >= 4 is 29.2 Å². The number of halogens is 1. The Hall–Kier alpha value is -2.26. The highest BCUT2D eigenvalue weighted by Gasteiger charge is 2.47. The van der Waals surface area contributed by atoms with E-state index in [2.05, 4.69) is 32.0 Å². The van der Waals surface area contributed by atoms with Crippen LogP contribution in [0.15, 0.2) is 58.8 Å². The molecule has 7 nitrogen and oxygen atoms in total. The number of hydrogen-bond donors (Lipinski definition) is 1. The van der Waals surface area contributed by atoms with E-state index in [0.29, 0.717) is 5.02 Å². The molecule has 32 heavy (non-hydrogen) atoms. The highest BCUT2D eigenvalue weighted by molar-refractivity contribution is 7.99. The standard InChI is InChI=1S/C23H25ClN6OS/c1-15-22(25)23(14-31-15)7-11-30(12-8-23)19-5-6-20(29-28-19)32-18-4-2-3-16(21(18)24)17-13-26-9-10-27-17/h2-6,9-10,13,15,22H,7-8,11-12,14,25H2,1H3/t15-,22+/m0/s1. The smallest absolute Gasteiger partial charge is 0.151 e. The Labute approximate surface area is 196 Å². The summed E-state index contributed by atoms with van der Waals surface area (Å²) < 4.78 is 5.83. The minimum absolute atomic E-state index is 0.101. The lowest BCUT2D eigenvalue weighted by Crippen LogP contribution is -2.50. The van der Waals surface area contributed by atoms with Crippen molar-refractivity contribution in [2.45, 2.75) is 41.8 Å². The summed E-state index contributed by atoms with van der Waals surface area (Å²) >= 11 is 8.15. The topological polar surface area (TPSA) is 90.0 Å². The third-order valence-corrected chi connectivity index (χ3v) is 8.08. The molecular weight excluding hydrogens is 444 g/mol. The van der Waals surface area contributed by atoms with E-state index >= 15 is 0 Å². The van der Waals surface area contributed by atoms with Gasteiger partial charge in [-0.05, 0) is 38.0 Å². The van der Waals surface area contributed by atoms with Crippen molar-refractivity contribution in [3.63, 3.8) is 0 Å². The van der Waals surface area contributed by atoms with Crippen molar-refractivity contribution < 1.29 is 4.74 Å². The van der Waals surface area contributed by atoms with Crippen molar-refractivity contribution in [1.82, 2.24) is 20.2 Å². The molecule has 2 N–H and O–H groups in total. The van der Waals surface area contributed by atoms with Crippen LogP contribution in [0.2, 0.25) is 5.02 Å². The quantitative estimate of drug-likeness (QED) is 0.612. The number of anilines is 1. The van der Waals surface area contributed by atoms with E-state index in [9.17, 15) is 0 Å². The Morgan fingerprint density at radius 2 is 2.00 bits per heavy atom. The first-order chi connectivity index (χ1) is 15.6. The van der Waals surface area contributed by atoms with Gasteiger partial charge in [0.2, 0.25) is 0 Å². The van der Waals surface area contributed by atoms with Gasteiger partial charge < -0.3 is 15.4 Å². The van der Waals surface area contributed by atoms with Crippen molar-refractivity contribution in [1.29, 1.82) is 0 Å². The van der Waals surface area contributed by atoms with Crippen molar-refractivity contribution in [2.75, 3.05) is 24.6 Å². The molecule has 4 heterocycles. The molecule has 1 aromatic carbocycles. The van der Waals surface area contributed by atoms with Crippen molar-refractivity contribution in [3.8, 4) is 11.3 Å². The van der Waals surface area contributed by atoms with Gasteiger partial charge in [0.25, 0.3) is 0 Å². The molecule has 2 aliphatic rings. The van der Waals surface area contributed by atoms with Gasteiger partial charge in [0, 0.05) is 47.4 Å². The van der Waals surface area contributed by atoms with Crippen LogP contribution in [-0.4, -0.2) is 52.0 Å². The van der Waals surface area contributed by atoms with Crippen LogP contribution in [0.1, 0.15) is 19.8 Å². The predicted molar refractivity (Wildman–Crippen MR) is 126 cm³/mol. The summed E-state index contributed by atoms with van der Waals surface area (Å²) in [5, 5.41) is 10.4. The highest BCUT2D eigenvalue weighted by atomic mass is 35.5. The first-order valence-corrected chi connectivity index (χ1v) is 11.9. The fourth-order valence-electron chi connectivity index (χ4n) is 4.53. The van der Waals surface area contributed by atoms with Crippen LogP contribution in [-0.2, 0) is 4.74 Å². The molecule has 3 aromatic rings. The largest absolute Gasteiger partial charge is 0.376 e. The van der Waals surface area contributed by atoms with Crippen LogP contribution in [0.3, 0.4) is 0 Å². The maximum absolute atomic E-state index is 6.66. The van der Waals surface area contributed by atoms with Gasteiger partial charge in [-0.25, -0.2) is 0 Å². The van der Waals surface area contributed by atoms with Crippen molar-refractivity contribution in [2.24, 2.45) is 11.1 Å². The SMILES string of the molecule is C[C@@H]1OCC2(CCN(c3ccc(Sc4cccc(-c5cnccn5)c4Cl)nn3)CC2)[C@@H]1N. The molecule has 5 rings (SSSR count). The Morgan fingerprint density at radius 3 is 2.66 bits per heavy atom. The summed E-state index contributed by atoms with van der Waals surface area (Å²) in [6, 6.07) is 10.0. The molecule has 0 bridgehead atoms. The Kier molecular flexibility index (Phi) is 6.03. The maximum atomic E-state index is 6.66. The number of ether oxygens (including phenoxy) is 1. The minimum Gasteiger partial charge on any atom is -0.376 e. The van der Waals surface area contributed by atoms with Crippen LogP contribution in [0.5, 0.6) is 0 Å². The average Bonchev–Trinajstić information content (AvgIpc) is 3.10. The zero-order valence-corrected chi connectivity index (χ0v) is 19.4. The first kappa shape index (κ1) is 21.6. The number of aromatic nitrogens is 4. The second-order valence-electron chi connectivity index (χ2n) is 8.43. The van der Waals surface area contributed by atoms with E-state index in [1.807, 2.05) is 30.3 Å². The molecule has 9 heteroatoms. The number of rotatable bonds is 4. The summed E-state index contributed by atoms with van der Waals surface area (Å²) in [4.78, 5) is 11.7. The average molecular weight is 469 g/mol. The molecule has 1 spiro atoms. The Morgan fingerprint density at radius 1 is 1.16 bits per heavy atom. The summed E-state index contributed by atoms with van der Waals surface area (Å²) in [6.07, 6.45) is 7.18. The fourth-order valence-corrected chi connectivity index (χ4v) is 5.66. The van der Waals surface area contributed by atoms with E-state index in [1.54, 1.807) is 18.6 Å². The van der Waals surface area contributed by atoms with Gasteiger partial charge in [-0.1, -0.05) is 35.5 Å². The molecule has 0 unspecified atom stereocenters.